The number of likely N-dealkylation sites (N-methyl/N-ethyl adjacent to an activating group) is 1. The number of carboxylic acids is 1. The second-order valence-electron chi connectivity index (χ2n) is 12.6. The summed E-state index contributed by atoms with van der Waals surface area (Å²) in [6.45, 7) is 4.11. The number of urea groups is 1. The summed E-state index contributed by atoms with van der Waals surface area (Å²) in [5.74, 6) is -2.18. The van der Waals surface area contributed by atoms with Crippen LogP contribution in [0.1, 0.15) is 39.8 Å². The highest BCUT2D eigenvalue weighted by Gasteiger charge is 2.52. The number of hydrogen-bond donors (Lipinski definition) is 2. The first-order valence-electron chi connectivity index (χ1n) is 16.8. The largest absolute Gasteiger partial charge is 0.495 e. The third-order valence-corrected chi connectivity index (χ3v) is 9.07. The number of carboxylic acid groups (broad SMARTS) is 1. The molecule has 0 radical (unpaired) electrons. The van der Waals surface area contributed by atoms with Crippen molar-refractivity contribution in [3.8, 4) is 17.2 Å². The van der Waals surface area contributed by atoms with Crippen molar-refractivity contribution >= 4 is 52.0 Å². The van der Waals surface area contributed by atoms with Gasteiger partial charge < -0.3 is 24.6 Å². The van der Waals surface area contributed by atoms with E-state index < -0.39 is 41.6 Å². The molecule has 4 amide bonds. The lowest BCUT2D eigenvalue weighted by Gasteiger charge is -2.27. The molecule has 0 aliphatic carbocycles. The van der Waals surface area contributed by atoms with Gasteiger partial charge in [-0.2, -0.15) is 0 Å². The number of aromatic nitrogens is 2. The summed E-state index contributed by atoms with van der Waals surface area (Å²) in [4.78, 5) is 74.9. The molecule has 1 aliphatic heterocycles. The number of aryl methyl sites for hydroxylation is 2. The molecule has 15 heteroatoms. The fraction of sp³-hybridized carbons (Fsp3) is 0.231. The second-order valence-corrected chi connectivity index (χ2v) is 13.0. The Kier molecular flexibility index (Phi) is 10.8. The number of benzene rings is 4. The summed E-state index contributed by atoms with van der Waals surface area (Å²) in [7, 11) is 2.71. The number of amides is 4. The van der Waals surface area contributed by atoms with Crippen LogP contribution < -0.4 is 25.1 Å². The number of nitrogens with zero attached hydrogens (tertiary/aromatic N) is 4. The molecule has 278 valence electrons. The highest BCUT2D eigenvalue weighted by atomic mass is 35.5. The van der Waals surface area contributed by atoms with Gasteiger partial charge in [0.05, 0.1) is 35.9 Å². The third kappa shape index (κ3) is 7.55. The highest BCUT2D eigenvalue weighted by molar-refractivity contribution is 6.31. The molecular weight excluding hydrogens is 718 g/mol. The predicted octanol–water partition coefficient (Wildman–Crippen LogP) is 5.82. The van der Waals surface area contributed by atoms with E-state index in [-0.39, 0.29) is 64.1 Å². The molecule has 1 fully saturated rings. The summed E-state index contributed by atoms with van der Waals surface area (Å²) in [5.41, 5.74) is 1.88. The van der Waals surface area contributed by atoms with Crippen molar-refractivity contribution in [2.24, 2.45) is 0 Å². The zero-order chi connectivity index (χ0) is 38.7. The van der Waals surface area contributed by atoms with Gasteiger partial charge in [0.1, 0.15) is 23.1 Å². The van der Waals surface area contributed by atoms with Crippen LogP contribution in [0.15, 0.2) is 89.7 Å². The normalized spacial score (nSPS) is 14.6. The van der Waals surface area contributed by atoms with Gasteiger partial charge >= 0.3 is 12.0 Å². The number of hydrogen-bond acceptors (Lipinski definition) is 9. The fourth-order valence-electron chi connectivity index (χ4n) is 6.13. The van der Waals surface area contributed by atoms with Crippen LogP contribution in [-0.4, -0.2) is 75.3 Å². The molecule has 2 unspecified atom stereocenters. The zero-order valence-corrected chi connectivity index (χ0v) is 30.5. The average Bonchev–Trinajstić information content (AvgIpc) is 3.34. The van der Waals surface area contributed by atoms with E-state index in [1.54, 1.807) is 30.3 Å². The smallest absolute Gasteiger partial charge is 0.335 e. The van der Waals surface area contributed by atoms with Crippen molar-refractivity contribution in [1.29, 1.82) is 0 Å². The number of halogens is 1. The van der Waals surface area contributed by atoms with Crippen molar-refractivity contribution in [3.05, 3.63) is 123 Å². The van der Waals surface area contributed by atoms with E-state index >= 15 is 0 Å². The Morgan fingerprint density at radius 2 is 1.69 bits per heavy atom. The minimum absolute atomic E-state index is 0.00307. The Hall–Kier alpha value is -6.41. The maximum Gasteiger partial charge on any atom is 0.335 e. The molecular formula is C39H36ClN5O9. The van der Waals surface area contributed by atoms with Gasteiger partial charge in [-0.15, -0.1) is 0 Å². The molecule has 5 aromatic rings. The molecule has 2 atom stereocenters. The second kappa shape index (κ2) is 15.7. The van der Waals surface area contributed by atoms with E-state index in [0.717, 1.165) is 16.0 Å². The number of methoxy groups -OCH3 is 1. The van der Waals surface area contributed by atoms with Crippen molar-refractivity contribution in [2.45, 2.75) is 39.1 Å². The first kappa shape index (κ1) is 37.4. The van der Waals surface area contributed by atoms with Gasteiger partial charge in [-0.3, -0.25) is 23.9 Å². The number of carbonyl (C=O) groups excluding carboxylic acids is 3. The molecule has 6 rings (SSSR count). The number of fused-ring (bicyclic) bond motifs is 1. The van der Waals surface area contributed by atoms with E-state index in [9.17, 15) is 29.1 Å². The van der Waals surface area contributed by atoms with Crippen LogP contribution in [0.3, 0.4) is 0 Å². The Labute approximate surface area is 314 Å². The number of rotatable bonds is 13. The summed E-state index contributed by atoms with van der Waals surface area (Å²) in [6.07, 6.45) is -1.27. The number of nitrogens with one attached hydrogen (secondary N) is 1. The van der Waals surface area contributed by atoms with E-state index in [1.165, 1.54) is 55.1 Å². The van der Waals surface area contributed by atoms with E-state index in [1.807, 2.05) is 32.0 Å². The molecule has 2 N–H and O–H groups in total. The average molecular weight is 754 g/mol. The topological polar surface area (TPSA) is 170 Å². The van der Waals surface area contributed by atoms with Crippen LogP contribution in [0.5, 0.6) is 17.2 Å². The summed E-state index contributed by atoms with van der Waals surface area (Å²) in [5, 5.41) is 12.5. The number of ether oxygens (including phenoxy) is 3. The Morgan fingerprint density at radius 3 is 2.39 bits per heavy atom. The molecule has 1 saturated heterocycles. The van der Waals surface area contributed by atoms with Gasteiger partial charge in [-0.25, -0.2) is 19.5 Å². The van der Waals surface area contributed by atoms with Crippen LogP contribution in [0.4, 0.5) is 10.5 Å². The molecule has 1 aromatic heterocycles. The number of anilines is 1. The molecule has 0 spiro atoms. The van der Waals surface area contributed by atoms with Crippen LogP contribution >= 0.6 is 11.6 Å². The predicted molar refractivity (Wildman–Crippen MR) is 199 cm³/mol. The minimum Gasteiger partial charge on any atom is -0.495 e. The molecule has 0 bridgehead atoms. The fourth-order valence-corrected chi connectivity index (χ4v) is 6.30. The summed E-state index contributed by atoms with van der Waals surface area (Å²) >= 11 is 6.26. The van der Waals surface area contributed by atoms with Gasteiger partial charge in [0.15, 0.2) is 6.04 Å². The van der Waals surface area contributed by atoms with Crippen LogP contribution in [0.25, 0.3) is 10.9 Å². The zero-order valence-electron chi connectivity index (χ0n) is 29.7. The minimum atomic E-state index is -1.81. The monoisotopic (exact) mass is 753 g/mol. The number of aromatic carboxylic acids is 1. The van der Waals surface area contributed by atoms with E-state index in [4.69, 9.17) is 30.8 Å². The van der Waals surface area contributed by atoms with Crippen LogP contribution in [-0.2, 0) is 16.1 Å². The van der Waals surface area contributed by atoms with Crippen molar-refractivity contribution in [1.82, 2.24) is 19.4 Å². The molecule has 0 saturated carbocycles. The van der Waals surface area contributed by atoms with Gasteiger partial charge in [-0.1, -0.05) is 41.4 Å². The van der Waals surface area contributed by atoms with Crippen molar-refractivity contribution in [3.63, 3.8) is 0 Å². The van der Waals surface area contributed by atoms with Crippen LogP contribution in [0, 0.1) is 13.8 Å². The lowest BCUT2D eigenvalue weighted by Crippen LogP contribution is -2.45. The Morgan fingerprint density at radius 1 is 0.963 bits per heavy atom. The van der Waals surface area contributed by atoms with Crippen LogP contribution in [0.2, 0.25) is 5.02 Å². The Bertz CT molecular complexity index is 2330. The SMILES string of the molecule is COc1ccc(Cl)cc1NC(=O)C(c1nc2ccccc2c(=O)n1CCCOc1ccc(C)cc1C)N1C(=O)C(Oc2ccc(C(=O)O)cc2)N(C)C1=O. The van der Waals surface area contributed by atoms with E-state index in [2.05, 4.69) is 5.32 Å². The first-order chi connectivity index (χ1) is 25.9. The number of para-hydroxylation sites is 1. The molecule has 1 aliphatic rings. The summed E-state index contributed by atoms with van der Waals surface area (Å²) < 4.78 is 18.6. The standard InChI is InChI=1S/C39H36ClN5O9/c1-22-10-16-30(23(2)20-22)53-19-7-18-44-33(41-28-9-6-5-8-27(28)35(44)47)32(34(46)42-29-21-25(40)13-17-31(29)52-4)45-36(48)37(43(3)39(45)51)54-26-14-11-24(12-15-26)38(49)50/h5-6,8-17,20-21,32,37H,7,18-19H2,1-4H3,(H,42,46)(H,49,50). The molecule has 4 aromatic carbocycles. The van der Waals surface area contributed by atoms with Gasteiger partial charge in [-0.05, 0) is 86.5 Å². The van der Waals surface area contributed by atoms with Crippen molar-refractivity contribution in [2.75, 3.05) is 26.1 Å². The maximum atomic E-state index is 14.6. The van der Waals surface area contributed by atoms with Crippen molar-refractivity contribution < 1.29 is 38.5 Å². The molecule has 14 nitrogen and oxygen atoms in total. The number of carbonyl (C=O) groups is 4. The Balaban J connectivity index is 1.42. The third-order valence-electron chi connectivity index (χ3n) is 8.83. The van der Waals surface area contributed by atoms with E-state index in [0.29, 0.717) is 10.6 Å². The maximum absolute atomic E-state index is 14.6. The van der Waals surface area contributed by atoms with Gasteiger partial charge in [0, 0.05) is 18.6 Å². The first-order valence-corrected chi connectivity index (χ1v) is 17.2. The lowest BCUT2D eigenvalue weighted by atomic mass is 10.1. The number of imide groups is 1. The van der Waals surface area contributed by atoms with Gasteiger partial charge in [0.25, 0.3) is 23.6 Å². The molecule has 54 heavy (non-hydrogen) atoms. The highest BCUT2D eigenvalue weighted by Crippen LogP contribution is 2.33. The molecule has 2 heterocycles. The lowest BCUT2D eigenvalue weighted by molar-refractivity contribution is -0.139. The summed E-state index contributed by atoms with van der Waals surface area (Å²) in [6, 6.07) is 19.4. The quantitative estimate of drug-likeness (QED) is 0.110. The van der Waals surface area contributed by atoms with Gasteiger partial charge in [0.2, 0.25) is 0 Å².